The van der Waals surface area contributed by atoms with E-state index in [1.807, 2.05) is 12.1 Å². The lowest BCUT2D eigenvalue weighted by Crippen LogP contribution is -2.39. The van der Waals surface area contributed by atoms with Gasteiger partial charge < -0.3 is 10.4 Å². The van der Waals surface area contributed by atoms with E-state index in [4.69, 9.17) is 5.11 Å². The van der Waals surface area contributed by atoms with Gasteiger partial charge in [-0.05, 0) is 44.2 Å². The average molecular weight is 275 g/mol. The fourth-order valence-corrected chi connectivity index (χ4v) is 2.35. The fourth-order valence-electron chi connectivity index (χ4n) is 2.35. The Bertz CT molecular complexity index is 536. The molecule has 2 atom stereocenters. The maximum atomic E-state index is 12.1. The van der Waals surface area contributed by atoms with Crippen molar-refractivity contribution in [3.05, 3.63) is 35.4 Å². The third-order valence-corrected chi connectivity index (χ3v) is 4.00. The van der Waals surface area contributed by atoms with E-state index in [9.17, 15) is 9.59 Å². The quantitative estimate of drug-likeness (QED) is 0.866. The number of carbonyl (C=O) groups excluding carboxylic acids is 1. The number of rotatable bonds is 5. The minimum atomic E-state index is -0.928. The standard InChI is InChI=1S/C16H21NO3/c1-10-6-4-5-7-11(10)12-8-13(12)14(18)17-9-16(2,3)15(19)20/h4-7,12-13H,8-9H2,1-3H3,(H,17,18)(H,19,20). The van der Waals surface area contributed by atoms with Gasteiger partial charge in [0.25, 0.3) is 0 Å². The summed E-state index contributed by atoms with van der Waals surface area (Å²) in [5, 5.41) is 11.8. The molecule has 2 rings (SSSR count). The van der Waals surface area contributed by atoms with E-state index in [0.717, 1.165) is 6.42 Å². The maximum Gasteiger partial charge on any atom is 0.310 e. The predicted octanol–water partition coefficient (Wildman–Crippen LogP) is 2.33. The van der Waals surface area contributed by atoms with Gasteiger partial charge in [0.15, 0.2) is 0 Å². The molecule has 0 bridgehead atoms. The van der Waals surface area contributed by atoms with E-state index in [1.165, 1.54) is 11.1 Å². The van der Waals surface area contributed by atoms with Crippen LogP contribution in [0.3, 0.4) is 0 Å². The van der Waals surface area contributed by atoms with E-state index >= 15 is 0 Å². The smallest absolute Gasteiger partial charge is 0.310 e. The summed E-state index contributed by atoms with van der Waals surface area (Å²) in [7, 11) is 0. The minimum Gasteiger partial charge on any atom is -0.481 e. The van der Waals surface area contributed by atoms with Crippen LogP contribution in [0.4, 0.5) is 0 Å². The van der Waals surface area contributed by atoms with Gasteiger partial charge in [-0.1, -0.05) is 24.3 Å². The summed E-state index contributed by atoms with van der Waals surface area (Å²) in [5.41, 5.74) is 1.51. The molecule has 108 valence electrons. The van der Waals surface area contributed by atoms with Crippen LogP contribution in [0.5, 0.6) is 0 Å². The van der Waals surface area contributed by atoms with E-state index < -0.39 is 11.4 Å². The van der Waals surface area contributed by atoms with Crippen molar-refractivity contribution < 1.29 is 14.7 Å². The van der Waals surface area contributed by atoms with Gasteiger partial charge in [0.2, 0.25) is 5.91 Å². The summed E-state index contributed by atoms with van der Waals surface area (Å²) in [5.74, 6) is -0.665. The molecule has 0 radical (unpaired) electrons. The molecule has 1 saturated carbocycles. The number of hydrogen-bond donors (Lipinski definition) is 2. The fraction of sp³-hybridized carbons (Fsp3) is 0.500. The third-order valence-electron chi connectivity index (χ3n) is 4.00. The number of carbonyl (C=O) groups is 2. The van der Waals surface area contributed by atoms with Gasteiger partial charge >= 0.3 is 5.97 Å². The molecule has 0 saturated heterocycles. The number of carboxylic acids is 1. The van der Waals surface area contributed by atoms with Crippen LogP contribution in [0.25, 0.3) is 0 Å². The van der Waals surface area contributed by atoms with Crippen molar-refractivity contribution >= 4 is 11.9 Å². The lowest BCUT2D eigenvalue weighted by atomic mass is 9.94. The van der Waals surface area contributed by atoms with Crippen LogP contribution in [0.2, 0.25) is 0 Å². The molecule has 4 heteroatoms. The molecule has 2 N–H and O–H groups in total. The Kier molecular flexibility index (Phi) is 3.84. The number of nitrogens with one attached hydrogen (secondary N) is 1. The zero-order chi connectivity index (χ0) is 14.9. The average Bonchev–Trinajstić information content (AvgIpc) is 3.16. The van der Waals surface area contributed by atoms with Crippen LogP contribution >= 0.6 is 0 Å². The van der Waals surface area contributed by atoms with Gasteiger partial charge in [-0.15, -0.1) is 0 Å². The lowest BCUT2D eigenvalue weighted by molar-refractivity contribution is -0.146. The van der Waals surface area contributed by atoms with Crippen molar-refractivity contribution in [3.8, 4) is 0 Å². The van der Waals surface area contributed by atoms with Crippen molar-refractivity contribution in [2.75, 3.05) is 6.54 Å². The summed E-state index contributed by atoms with van der Waals surface area (Å²) in [6, 6.07) is 8.10. The van der Waals surface area contributed by atoms with Gasteiger partial charge in [0.1, 0.15) is 0 Å². The highest BCUT2D eigenvalue weighted by Crippen LogP contribution is 2.48. The Labute approximate surface area is 119 Å². The largest absolute Gasteiger partial charge is 0.481 e. The molecule has 1 aromatic rings. The van der Waals surface area contributed by atoms with Gasteiger partial charge in [-0.2, -0.15) is 0 Å². The highest BCUT2D eigenvalue weighted by atomic mass is 16.4. The monoisotopic (exact) mass is 275 g/mol. The molecule has 1 aliphatic rings. The van der Waals surface area contributed by atoms with Gasteiger partial charge in [0, 0.05) is 12.5 Å². The first kappa shape index (κ1) is 14.6. The SMILES string of the molecule is Cc1ccccc1C1CC1C(=O)NCC(C)(C)C(=O)O. The Morgan fingerprint density at radius 2 is 2.00 bits per heavy atom. The van der Waals surface area contributed by atoms with Crippen LogP contribution in [-0.4, -0.2) is 23.5 Å². The number of benzene rings is 1. The van der Waals surface area contributed by atoms with Crippen molar-refractivity contribution in [2.24, 2.45) is 11.3 Å². The topological polar surface area (TPSA) is 66.4 Å². The predicted molar refractivity (Wildman–Crippen MR) is 76.5 cm³/mol. The minimum absolute atomic E-state index is 0.0132. The van der Waals surface area contributed by atoms with Crippen LogP contribution in [0.1, 0.15) is 37.3 Å². The summed E-state index contributed by atoms with van der Waals surface area (Å²) in [4.78, 5) is 23.1. The third kappa shape index (κ3) is 3.00. The molecular weight excluding hydrogens is 254 g/mol. The van der Waals surface area contributed by atoms with E-state index in [0.29, 0.717) is 0 Å². The zero-order valence-corrected chi connectivity index (χ0v) is 12.1. The second-order valence-corrected chi connectivity index (χ2v) is 6.21. The Morgan fingerprint density at radius 3 is 2.60 bits per heavy atom. The molecule has 0 heterocycles. The Morgan fingerprint density at radius 1 is 1.35 bits per heavy atom. The highest BCUT2D eigenvalue weighted by molar-refractivity contribution is 5.84. The first-order chi connectivity index (χ1) is 9.33. The molecule has 20 heavy (non-hydrogen) atoms. The van der Waals surface area contributed by atoms with Crippen molar-refractivity contribution in [3.63, 3.8) is 0 Å². The van der Waals surface area contributed by atoms with Crippen LogP contribution in [0.15, 0.2) is 24.3 Å². The van der Waals surface area contributed by atoms with Gasteiger partial charge in [-0.3, -0.25) is 9.59 Å². The molecule has 2 unspecified atom stereocenters. The van der Waals surface area contributed by atoms with E-state index in [1.54, 1.807) is 13.8 Å². The summed E-state index contributed by atoms with van der Waals surface area (Å²) in [6.45, 7) is 5.44. The van der Waals surface area contributed by atoms with Gasteiger partial charge in [-0.25, -0.2) is 0 Å². The molecular formula is C16H21NO3. The summed E-state index contributed by atoms with van der Waals surface area (Å²) >= 11 is 0. The number of aliphatic carboxylic acids is 1. The first-order valence-electron chi connectivity index (χ1n) is 6.89. The first-order valence-corrected chi connectivity index (χ1v) is 6.89. The molecule has 1 aromatic carbocycles. The Balaban J connectivity index is 1.91. The molecule has 0 spiro atoms. The maximum absolute atomic E-state index is 12.1. The number of aryl methyl sites for hydroxylation is 1. The van der Waals surface area contributed by atoms with Gasteiger partial charge in [0.05, 0.1) is 5.41 Å². The molecule has 0 aliphatic heterocycles. The van der Waals surface area contributed by atoms with Crippen molar-refractivity contribution in [1.82, 2.24) is 5.32 Å². The van der Waals surface area contributed by atoms with Crippen molar-refractivity contribution in [1.29, 1.82) is 0 Å². The second kappa shape index (κ2) is 5.27. The number of amides is 1. The molecule has 0 aromatic heterocycles. The molecule has 1 fully saturated rings. The Hall–Kier alpha value is -1.84. The van der Waals surface area contributed by atoms with Crippen LogP contribution < -0.4 is 5.32 Å². The summed E-state index contributed by atoms with van der Waals surface area (Å²) in [6.07, 6.45) is 0.851. The summed E-state index contributed by atoms with van der Waals surface area (Å²) < 4.78 is 0. The molecule has 4 nitrogen and oxygen atoms in total. The number of hydrogen-bond acceptors (Lipinski definition) is 2. The molecule has 1 aliphatic carbocycles. The van der Waals surface area contributed by atoms with Crippen molar-refractivity contribution in [2.45, 2.75) is 33.1 Å². The van der Waals surface area contributed by atoms with E-state index in [2.05, 4.69) is 24.4 Å². The zero-order valence-electron chi connectivity index (χ0n) is 12.1. The van der Waals surface area contributed by atoms with Crippen LogP contribution in [-0.2, 0) is 9.59 Å². The highest BCUT2D eigenvalue weighted by Gasteiger charge is 2.44. The lowest BCUT2D eigenvalue weighted by Gasteiger charge is -2.19. The number of carboxylic acid groups (broad SMARTS) is 1. The normalized spacial score (nSPS) is 21.4. The second-order valence-electron chi connectivity index (χ2n) is 6.21. The molecule has 1 amide bonds. The van der Waals surface area contributed by atoms with E-state index in [-0.39, 0.29) is 24.3 Å². The van der Waals surface area contributed by atoms with Crippen LogP contribution in [0, 0.1) is 18.3 Å².